The fraction of sp³-hybridized carbons (Fsp3) is 0.400. The molecule has 70 valence electrons. The van der Waals surface area contributed by atoms with Crippen LogP contribution >= 0.6 is 0 Å². The molecule has 1 aromatic heterocycles. The number of rotatable bonds is 4. The summed E-state index contributed by atoms with van der Waals surface area (Å²) in [5.74, 6) is 0. The molecule has 0 radical (unpaired) electrons. The molecule has 3 nitrogen and oxygen atoms in total. The van der Waals surface area contributed by atoms with Gasteiger partial charge in [0.05, 0.1) is 5.69 Å². The molecule has 13 heavy (non-hydrogen) atoms. The minimum absolute atomic E-state index is 0.00861. The van der Waals surface area contributed by atoms with Gasteiger partial charge >= 0.3 is 0 Å². The summed E-state index contributed by atoms with van der Waals surface area (Å²) in [6.45, 7) is 2.08. The van der Waals surface area contributed by atoms with Crippen molar-refractivity contribution in [3.05, 3.63) is 29.6 Å². The van der Waals surface area contributed by atoms with Crippen LogP contribution < -0.4 is 5.73 Å². The summed E-state index contributed by atoms with van der Waals surface area (Å²) in [7, 11) is 0. The minimum atomic E-state index is -0.00861. The molecule has 0 amide bonds. The molecule has 0 aliphatic heterocycles. The molecule has 1 heterocycles. The van der Waals surface area contributed by atoms with Crippen LogP contribution in [0.3, 0.4) is 0 Å². The summed E-state index contributed by atoms with van der Waals surface area (Å²) in [6.07, 6.45) is 4.30. The molecule has 3 heteroatoms. The summed E-state index contributed by atoms with van der Waals surface area (Å²) < 4.78 is 0. The van der Waals surface area contributed by atoms with Crippen LogP contribution in [-0.2, 0) is 0 Å². The first-order valence-corrected chi connectivity index (χ1v) is 4.44. The highest BCUT2D eigenvalue weighted by Crippen LogP contribution is 2.12. The highest BCUT2D eigenvalue weighted by atomic mass is 16.1. The molecule has 0 aromatic carbocycles. The summed E-state index contributed by atoms with van der Waals surface area (Å²) in [5.41, 5.74) is 7.29. The predicted octanol–water partition coefficient (Wildman–Crippen LogP) is 1.69. The molecule has 0 aliphatic rings. The Morgan fingerprint density at radius 1 is 1.62 bits per heavy atom. The number of carbonyl (C=O) groups excluding carboxylic acids is 1. The summed E-state index contributed by atoms with van der Waals surface area (Å²) >= 11 is 0. The zero-order valence-corrected chi connectivity index (χ0v) is 7.73. The summed E-state index contributed by atoms with van der Waals surface area (Å²) in [4.78, 5) is 14.5. The van der Waals surface area contributed by atoms with Crippen LogP contribution in [0.5, 0.6) is 0 Å². The van der Waals surface area contributed by atoms with Crippen molar-refractivity contribution in [2.75, 3.05) is 0 Å². The molecule has 0 fully saturated rings. The van der Waals surface area contributed by atoms with Gasteiger partial charge in [0.15, 0.2) is 6.29 Å². The van der Waals surface area contributed by atoms with Gasteiger partial charge in [-0.15, -0.1) is 0 Å². The first kappa shape index (κ1) is 9.86. The van der Waals surface area contributed by atoms with Crippen LogP contribution in [0.4, 0.5) is 0 Å². The standard InChI is InChI=1S/C10H14N2O/c1-2-3-9(11)10-5-4-8(7-13)6-12-10/h4-7,9H,2-3,11H2,1H3/t9-/m0/s1. The first-order chi connectivity index (χ1) is 6.27. The van der Waals surface area contributed by atoms with E-state index in [9.17, 15) is 4.79 Å². The van der Waals surface area contributed by atoms with E-state index in [1.165, 1.54) is 0 Å². The maximum absolute atomic E-state index is 10.3. The second-order valence-corrected chi connectivity index (χ2v) is 3.03. The van der Waals surface area contributed by atoms with Crippen LogP contribution in [0.25, 0.3) is 0 Å². The molecule has 0 saturated heterocycles. The highest BCUT2D eigenvalue weighted by Gasteiger charge is 2.05. The summed E-state index contributed by atoms with van der Waals surface area (Å²) in [5, 5.41) is 0. The number of carbonyl (C=O) groups is 1. The molecule has 1 rings (SSSR count). The zero-order valence-electron chi connectivity index (χ0n) is 7.73. The molecular formula is C10H14N2O. The lowest BCUT2D eigenvalue weighted by Crippen LogP contribution is -2.11. The Hall–Kier alpha value is -1.22. The number of nitrogens with zero attached hydrogens (tertiary/aromatic N) is 1. The van der Waals surface area contributed by atoms with Gasteiger partial charge in [0.1, 0.15) is 0 Å². The fourth-order valence-corrected chi connectivity index (χ4v) is 1.16. The first-order valence-electron chi connectivity index (χ1n) is 4.44. The quantitative estimate of drug-likeness (QED) is 0.714. The second-order valence-electron chi connectivity index (χ2n) is 3.03. The molecule has 1 aromatic rings. The molecule has 2 N–H and O–H groups in total. The number of aldehydes is 1. The van der Waals surface area contributed by atoms with E-state index in [4.69, 9.17) is 5.73 Å². The van der Waals surface area contributed by atoms with E-state index < -0.39 is 0 Å². The Bertz CT molecular complexity index is 269. The third-order valence-electron chi connectivity index (χ3n) is 1.92. The van der Waals surface area contributed by atoms with Gasteiger partial charge < -0.3 is 5.73 Å². The van der Waals surface area contributed by atoms with Gasteiger partial charge in [-0.25, -0.2) is 0 Å². The van der Waals surface area contributed by atoms with Crippen molar-refractivity contribution >= 4 is 6.29 Å². The van der Waals surface area contributed by atoms with E-state index >= 15 is 0 Å². The van der Waals surface area contributed by atoms with E-state index in [1.54, 1.807) is 12.3 Å². The Morgan fingerprint density at radius 2 is 2.38 bits per heavy atom. The molecule has 0 saturated carbocycles. The second kappa shape index (κ2) is 4.72. The molecular weight excluding hydrogens is 164 g/mol. The van der Waals surface area contributed by atoms with Crippen LogP contribution in [-0.4, -0.2) is 11.3 Å². The van der Waals surface area contributed by atoms with Gasteiger partial charge in [-0.3, -0.25) is 9.78 Å². The van der Waals surface area contributed by atoms with Gasteiger partial charge in [-0.2, -0.15) is 0 Å². The van der Waals surface area contributed by atoms with E-state index in [-0.39, 0.29) is 6.04 Å². The van der Waals surface area contributed by atoms with E-state index in [0.717, 1.165) is 24.8 Å². The maximum Gasteiger partial charge on any atom is 0.151 e. The van der Waals surface area contributed by atoms with Gasteiger partial charge in [0, 0.05) is 17.8 Å². The van der Waals surface area contributed by atoms with E-state index in [0.29, 0.717) is 5.56 Å². The van der Waals surface area contributed by atoms with Crippen molar-refractivity contribution in [3.8, 4) is 0 Å². The van der Waals surface area contributed by atoms with Crippen molar-refractivity contribution in [2.45, 2.75) is 25.8 Å². The largest absolute Gasteiger partial charge is 0.323 e. The monoisotopic (exact) mass is 178 g/mol. The van der Waals surface area contributed by atoms with Crippen LogP contribution in [0.2, 0.25) is 0 Å². The lowest BCUT2D eigenvalue weighted by Gasteiger charge is -2.08. The predicted molar refractivity (Wildman–Crippen MR) is 51.5 cm³/mol. The van der Waals surface area contributed by atoms with Crippen molar-refractivity contribution in [1.29, 1.82) is 0 Å². The SMILES string of the molecule is CCC[C@H](N)c1ccc(C=O)cn1. The lowest BCUT2D eigenvalue weighted by atomic mass is 10.1. The Labute approximate surface area is 78.0 Å². The van der Waals surface area contributed by atoms with Crippen LogP contribution in [0.1, 0.15) is 41.9 Å². The molecule has 0 unspecified atom stereocenters. The van der Waals surface area contributed by atoms with Gasteiger partial charge in [-0.1, -0.05) is 13.3 Å². The maximum atomic E-state index is 10.3. The number of hydrogen-bond acceptors (Lipinski definition) is 3. The number of aromatic nitrogens is 1. The number of nitrogens with two attached hydrogens (primary N) is 1. The third-order valence-corrected chi connectivity index (χ3v) is 1.92. The number of hydrogen-bond donors (Lipinski definition) is 1. The third kappa shape index (κ3) is 2.63. The normalized spacial score (nSPS) is 12.5. The molecule has 0 spiro atoms. The van der Waals surface area contributed by atoms with E-state index in [1.807, 2.05) is 6.07 Å². The molecule has 0 bridgehead atoms. The minimum Gasteiger partial charge on any atom is -0.323 e. The summed E-state index contributed by atoms with van der Waals surface area (Å²) in [6, 6.07) is 3.54. The Balaban J connectivity index is 2.73. The fourth-order valence-electron chi connectivity index (χ4n) is 1.16. The van der Waals surface area contributed by atoms with Crippen molar-refractivity contribution in [1.82, 2.24) is 4.98 Å². The average Bonchev–Trinajstić information content (AvgIpc) is 2.18. The highest BCUT2D eigenvalue weighted by molar-refractivity contribution is 5.73. The smallest absolute Gasteiger partial charge is 0.151 e. The molecule has 1 atom stereocenters. The average molecular weight is 178 g/mol. The Morgan fingerprint density at radius 3 is 2.85 bits per heavy atom. The Kier molecular flexibility index (Phi) is 3.58. The van der Waals surface area contributed by atoms with Gasteiger partial charge in [-0.05, 0) is 18.6 Å². The molecule has 0 aliphatic carbocycles. The zero-order chi connectivity index (χ0) is 9.68. The van der Waals surface area contributed by atoms with Crippen LogP contribution in [0.15, 0.2) is 18.3 Å². The van der Waals surface area contributed by atoms with Crippen molar-refractivity contribution in [2.24, 2.45) is 5.73 Å². The van der Waals surface area contributed by atoms with Crippen molar-refractivity contribution < 1.29 is 4.79 Å². The lowest BCUT2D eigenvalue weighted by molar-refractivity contribution is 0.112. The topological polar surface area (TPSA) is 56.0 Å². The van der Waals surface area contributed by atoms with Crippen LogP contribution in [0, 0.1) is 0 Å². The van der Waals surface area contributed by atoms with Gasteiger partial charge in [0.2, 0.25) is 0 Å². The van der Waals surface area contributed by atoms with Gasteiger partial charge in [0.25, 0.3) is 0 Å². The van der Waals surface area contributed by atoms with Crippen molar-refractivity contribution in [3.63, 3.8) is 0 Å². The van der Waals surface area contributed by atoms with E-state index in [2.05, 4.69) is 11.9 Å². The number of pyridine rings is 1.